The van der Waals surface area contributed by atoms with Gasteiger partial charge in [-0.15, -0.1) is 0 Å². The molecule has 1 aliphatic heterocycles. The van der Waals surface area contributed by atoms with Gasteiger partial charge in [0.05, 0.1) is 12.1 Å². The normalized spacial score (nSPS) is 35.6. The van der Waals surface area contributed by atoms with Gasteiger partial charge in [0, 0.05) is 22.7 Å². The fourth-order valence-corrected chi connectivity index (χ4v) is 12.1. The summed E-state index contributed by atoms with van der Waals surface area (Å²) in [5.74, 6) is 2.21. The molecular formula is C47H51NO. The highest BCUT2D eigenvalue weighted by atomic mass is 16.5. The highest BCUT2D eigenvalue weighted by Crippen LogP contribution is 2.66. The average molecular weight is 646 g/mol. The van der Waals surface area contributed by atoms with Gasteiger partial charge in [0.2, 0.25) is 0 Å². The van der Waals surface area contributed by atoms with Gasteiger partial charge in [0.25, 0.3) is 0 Å². The zero-order valence-corrected chi connectivity index (χ0v) is 29.0. The van der Waals surface area contributed by atoms with Crippen molar-refractivity contribution in [2.75, 3.05) is 4.90 Å². The van der Waals surface area contributed by atoms with Gasteiger partial charge in [-0.05, 0) is 135 Å². The van der Waals surface area contributed by atoms with E-state index < -0.39 is 0 Å². The van der Waals surface area contributed by atoms with Crippen molar-refractivity contribution in [3.8, 4) is 0 Å². The minimum atomic E-state index is -0.00389. The molecule has 1 saturated carbocycles. The summed E-state index contributed by atoms with van der Waals surface area (Å²) in [4.78, 5) is 2.70. The van der Waals surface area contributed by atoms with Crippen molar-refractivity contribution >= 4 is 5.69 Å². The van der Waals surface area contributed by atoms with Crippen LogP contribution >= 0.6 is 0 Å². The number of hydrogen-bond acceptors (Lipinski definition) is 2. The minimum absolute atomic E-state index is 0.00389. The average Bonchev–Trinajstić information content (AvgIpc) is 3.71. The van der Waals surface area contributed by atoms with Gasteiger partial charge in [0.1, 0.15) is 6.10 Å². The fraction of sp³-hybridized carbons (Fsp3) is 0.447. The van der Waals surface area contributed by atoms with Crippen LogP contribution in [0.5, 0.6) is 0 Å². The molecule has 2 aromatic carbocycles. The number of anilines is 1. The van der Waals surface area contributed by atoms with E-state index in [-0.39, 0.29) is 23.7 Å². The predicted octanol–water partition coefficient (Wildman–Crippen LogP) is 10.8. The zero-order chi connectivity index (χ0) is 32.4. The second-order valence-electron chi connectivity index (χ2n) is 16.1. The molecule has 10 rings (SSSR count). The third-order valence-electron chi connectivity index (χ3n) is 13.9. The molecule has 2 heteroatoms. The van der Waals surface area contributed by atoms with E-state index in [1.54, 1.807) is 33.4 Å². The fourth-order valence-electron chi connectivity index (χ4n) is 12.1. The second-order valence-corrected chi connectivity index (χ2v) is 16.1. The number of allylic oxidation sites excluding steroid dienone is 11. The van der Waals surface area contributed by atoms with Crippen molar-refractivity contribution in [1.29, 1.82) is 0 Å². The zero-order valence-electron chi connectivity index (χ0n) is 29.0. The van der Waals surface area contributed by atoms with Crippen LogP contribution in [0.4, 0.5) is 5.69 Å². The molecule has 2 fully saturated rings. The third kappa shape index (κ3) is 4.62. The van der Waals surface area contributed by atoms with E-state index in [9.17, 15) is 0 Å². The van der Waals surface area contributed by atoms with E-state index in [0.717, 1.165) is 12.8 Å². The van der Waals surface area contributed by atoms with Crippen molar-refractivity contribution in [2.45, 2.75) is 107 Å². The Morgan fingerprint density at radius 2 is 1.63 bits per heavy atom. The van der Waals surface area contributed by atoms with Crippen LogP contribution in [0.25, 0.3) is 0 Å². The molecule has 0 spiro atoms. The number of fused-ring (bicyclic) bond motifs is 6. The molecule has 0 N–H and O–H groups in total. The monoisotopic (exact) mass is 645 g/mol. The smallest absolute Gasteiger partial charge is 0.104 e. The molecule has 0 amide bonds. The summed E-state index contributed by atoms with van der Waals surface area (Å²) < 4.78 is 7.77. The number of rotatable bonds is 5. The van der Waals surface area contributed by atoms with Gasteiger partial charge in [0.15, 0.2) is 0 Å². The Morgan fingerprint density at radius 3 is 2.55 bits per heavy atom. The van der Waals surface area contributed by atoms with E-state index in [2.05, 4.69) is 114 Å². The first kappa shape index (κ1) is 30.2. The first-order chi connectivity index (χ1) is 24.3. The van der Waals surface area contributed by atoms with Crippen LogP contribution in [-0.4, -0.2) is 18.2 Å². The molecule has 0 bridgehead atoms. The Morgan fingerprint density at radius 1 is 0.735 bits per heavy atom. The van der Waals surface area contributed by atoms with Crippen LogP contribution in [-0.2, 0) is 23.0 Å². The van der Waals surface area contributed by atoms with E-state index >= 15 is 0 Å². The molecule has 1 saturated heterocycles. The highest BCUT2D eigenvalue weighted by Gasteiger charge is 2.62. The third-order valence-corrected chi connectivity index (χ3v) is 13.9. The molecule has 49 heavy (non-hydrogen) atoms. The summed E-state index contributed by atoms with van der Waals surface area (Å²) in [5.41, 5.74) is 12.4. The molecule has 8 atom stereocenters. The lowest BCUT2D eigenvalue weighted by atomic mass is 9.53. The summed E-state index contributed by atoms with van der Waals surface area (Å²) in [7, 11) is 0. The molecular weight excluding hydrogens is 595 g/mol. The van der Waals surface area contributed by atoms with Crippen LogP contribution in [0.2, 0.25) is 0 Å². The molecule has 2 nitrogen and oxygen atoms in total. The topological polar surface area (TPSA) is 12.5 Å². The van der Waals surface area contributed by atoms with Gasteiger partial charge < -0.3 is 9.64 Å². The summed E-state index contributed by atoms with van der Waals surface area (Å²) in [6.07, 6.45) is 40.8. The number of hydrogen-bond donors (Lipinski definition) is 0. The van der Waals surface area contributed by atoms with Crippen molar-refractivity contribution in [2.24, 2.45) is 23.7 Å². The van der Waals surface area contributed by atoms with E-state index in [4.69, 9.17) is 4.74 Å². The molecule has 7 aliphatic carbocycles. The van der Waals surface area contributed by atoms with E-state index in [1.165, 1.54) is 82.0 Å². The summed E-state index contributed by atoms with van der Waals surface area (Å²) in [6, 6.07) is 19.0. The first-order valence-corrected chi connectivity index (χ1v) is 19.7. The minimum Gasteiger partial charge on any atom is -0.367 e. The summed E-state index contributed by atoms with van der Waals surface area (Å²) in [5, 5.41) is 0. The molecule has 0 aromatic heterocycles. The van der Waals surface area contributed by atoms with Crippen molar-refractivity contribution < 1.29 is 4.74 Å². The molecule has 1 heterocycles. The summed E-state index contributed by atoms with van der Waals surface area (Å²) in [6.45, 7) is 0. The lowest BCUT2D eigenvalue weighted by Crippen LogP contribution is -2.51. The SMILES string of the molecule is C1=CC(N(C2=CCCC=C2)c2cccc3c2CCCC3)C2O[C@H]3C(CCCC3C3(c4ccccc4)C4=C(CCC=C4)C4CC=CCC43)C2=C1. The van der Waals surface area contributed by atoms with Crippen molar-refractivity contribution in [3.05, 3.63) is 148 Å². The van der Waals surface area contributed by atoms with Crippen molar-refractivity contribution in [3.63, 3.8) is 0 Å². The maximum absolute atomic E-state index is 7.77. The highest BCUT2D eigenvalue weighted by molar-refractivity contribution is 5.66. The Kier molecular flexibility index (Phi) is 7.59. The van der Waals surface area contributed by atoms with Crippen molar-refractivity contribution in [1.82, 2.24) is 0 Å². The van der Waals surface area contributed by atoms with Gasteiger partial charge in [-0.3, -0.25) is 0 Å². The Hall–Kier alpha value is -3.62. The lowest BCUT2D eigenvalue weighted by Gasteiger charge is -2.51. The molecule has 250 valence electrons. The Balaban J connectivity index is 1.09. The van der Waals surface area contributed by atoms with E-state index in [0.29, 0.717) is 23.7 Å². The van der Waals surface area contributed by atoms with Gasteiger partial charge in [-0.25, -0.2) is 0 Å². The van der Waals surface area contributed by atoms with Gasteiger partial charge in [-0.2, -0.15) is 0 Å². The van der Waals surface area contributed by atoms with E-state index in [1.807, 2.05) is 0 Å². The van der Waals surface area contributed by atoms with Crippen LogP contribution in [0.1, 0.15) is 87.3 Å². The molecule has 2 aromatic rings. The Labute approximate surface area is 293 Å². The number of nitrogens with zero attached hydrogens (tertiary/aromatic N) is 1. The predicted molar refractivity (Wildman–Crippen MR) is 201 cm³/mol. The number of ether oxygens (including phenoxy) is 1. The van der Waals surface area contributed by atoms with Crippen LogP contribution < -0.4 is 4.90 Å². The van der Waals surface area contributed by atoms with Crippen LogP contribution in [0.3, 0.4) is 0 Å². The molecule has 0 radical (unpaired) electrons. The Bertz CT molecular complexity index is 1830. The maximum Gasteiger partial charge on any atom is 0.104 e. The largest absolute Gasteiger partial charge is 0.367 e. The lowest BCUT2D eigenvalue weighted by molar-refractivity contribution is -0.0519. The maximum atomic E-state index is 7.77. The number of benzene rings is 2. The molecule has 7 unspecified atom stereocenters. The quantitative estimate of drug-likeness (QED) is 0.300. The van der Waals surface area contributed by atoms with Gasteiger partial charge >= 0.3 is 0 Å². The standard InChI is InChI=1S/C47H51NO/c1-3-18-33(19-4-1)47(40-27-11-9-23-36(40)37-24-10-12-28-41(37)47)42-29-14-25-38-39-26-15-31-44(46(39)49-45(38)42)48(34-20-5-2-6-21-34)43-30-13-17-32-16-7-8-22-35(32)43/h1,3-5,9,11-13,15,17-21,26,28,30-31,36,38,40,42,44-46H,2,6-8,10,14,16,22-25,27,29H2/t36?,38?,40?,42?,44?,45-,46?,47?/m0/s1. The summed E-state index contributed by atoms with van der Waals surface area (Å²) >= 11 is 0. The first-order valence-electron chi connectivity index (χ1n) is 19.7. The second kappa shape index (κ2) is 12.3. The number of aryl methyl sites for hydroxylation is 1. The van der Waals surface area contributed by atoms with Crippen LogP contribution in [0.15, 0.2) is 132 Å². The van der Waals surface area contributed by atoms with Crippen LogP contribution in [0, 0.1) is 23.7 Å². The van der Waals surface area contributed by atoms with Gasteiger partial charge in [-0.1, -0.05) is 109 Å². The molecule has 8 aliphatic rings.